The highest BCUT2D eigenvalue weighted by Crippen LogP contribution is 2.41. The highest BCUT2D eigenvalue weighted by Gasteiger charge is 2.66. The number of benzene rings is 2. The van der Waals surface area contributed by atoms with Crippen LogP contribution >= 0.6 is 0 Å². The molecule has 0 radical (unpaired) electrons. The maximum atomic E-state index is 8.49. The normalized spacial score (nSPS) is 22.0. The molecule has 0 aliphatic carbocycles. The Bertz CT molecular complexity index is 626. The van der Waals surface area contributed by atoms with Crippen LogP contribution in [-0.2, 0) is 5.66 Å². The van der Waals surface area contributed by atoms with Crippen LogP contribution in [0.5, 0.6) is 0 Å². The van der Waals surface area contributed by atoms with E-state index in [9.17, 15) is 0 Å². The number of hydrogen-bond donors (Lipinski definition) is 2. The average Bonchev–Trinajstić information content (AvgIpc) is 3.01. The molecule has 23 heavy (non-hydrogen) atoms. The molecule has 1 unspecified atom stereocenters. The molecule has 1 aliphatic heterocycles. The Hall–Kier alpha value is -1.51. The molecule has 3 rings (SSSR count). The van der Waals surface area contributed by atoms with E-state index in [4.69, 9.17) is 18.6 Å². The molecule has 0 bridgehead atoms. The maximum Gasteiger partial charge on any atom is 0.199 e. The van der Waals surface area contributed by atoms with Crippen molar-refractivity contribution < 1.29 is 34.2 Å². The minimum absolute atomic E-state index is 0.0321. The zero-order valence-electron chi connectivity index (χ0n) is 12.9. The lowest BCUT2D eigenvalue weighted by molar-refractivity contribution is -2.00. The third-order valence-corrected chi connectivity index (χ3v) is 3.84. The van der Waals surface area contributed by atoms with Gasteiger partial charge in [0.05, 0.1) is 5.54 Å². The van der Waals surface area contributed by atoms with Gasteiger partial charge in [-0.1, -0.05) is 48.5 Å². The summed E-state index contributed by atoms with van der Waals surface area (Å²) in [6.07, 6.45) is 0. The predicted molar refractivity (Wildman–Crippen MR) is 73.4 cm³/mol. The second-order valence-corrected chi connectivity index (χ2v) is 6.61. The van der Waals surface area contributed by atoms with Crippen LogP contribution in [0.25, 0.3) is 0 Å². The molecule has 1 heterocycles. The summed E-state index contributed by atoms with van der Waals surface area (Å²) < 4.78 is 34.0. The summed E-state index contributed by atoms with van der Waals surface area (Å²) >= 11 is 0. The largest absolute Gasteiger partial charge is 0.291 e. The summed E-state index contributed by atoms with van der Waals surface area (Å²) in [4.78, 5) is 0. The molecule has 0 saturated carbocycles. The van der Waals surface area contributed by atoms with Crippen molar-refractivity contribution in [3.8, 4) is 0 Å². The molecule has 2 aromatic rings. The Kier molecular flexibility index (Phi) is 5.07. The molecule has 1 aliphatic rings. The Morgan fingerprint density at radius 3 is 1.61 bits per heavy atom. The summed E-state index contributed by atoms with van der Waals surface area (Å²) in [7, 11) is -4.94. The van der Waals surface area contributed by atoms with Crippen LogP contribution in [0.3, 0.4) is 0 Å². The van der Waals surface area contributed by atoms with E-state index < -0.39 is 10.2 Å². The zero-order valence-corrected chi connectivity index (χ0v) is 13.6. The van der Waals surface area contributed by atoms with Crippen molar-refractivity contribution in [2.75, 3.05) is 0 Å². The van der Waals surface area contributed by atoms with Crippen molar-refractivity contribution in [2.24, 2.45) is 0 Å². The Labute approximate surface area is 137 Å². The third-order valence-electron chi connectivity index (χ3n) is 3.84. The predicted octanol–water partition coefficient (Wildman–Crippen LogP) is -2.64. The SMILES string of the molecule is CC1(C)NC1([NH2+]c1ccccc1)c1ccccc1.[O-][Cl+3]([O-])([O-])[O-]. The fourth-order valence-electron chi connectivity index (χ4n) is 2.69. The standard InChI is InChI=1S/C16H18N2.ClHO4/c1-15(2)16(18-15,13-9-5-3-6-10-13)17-14-11-7-4-8-12-14;2-1(3,4)5/h3-12,17-18H,1-2H3;(H,2,3,4,5). The first-order chi connectivity index (χ1) is 10.6. The van der Waals surface area contributed by atoms with Crippen molar-refractivity contribution in [3.63, 3.8) is 0 Å². The molecule has 0 spiro atoms. The average molecular weight is 339 g/mol. The van der Waals surface area contributed by atoms with Gasteiger partial charge in [-0.2, -0.15) is 0 Å². The van der Waals surface area contributed by atoms with Gasteiger partial charge in [-0.3, -0.25) is 5.32 Å². The van der Waals surface area contributed by atoms with Crippen molar-refractivity contribution in [1.29, 1.82) is 0 Å². The summed E-state index contributed by atoms with van der Waals surface area (Å²) in [5, 5.41) is 5.97. The summed E-state index contributed by atoms with van der Waals surface area (Å²) in [6, 6.07) is 21.2. The first kappa shape index (κ1) is 17.8. The van der Waals surface area contributed by atoms with Gasteiger partial charge in [0.25, 0.3) is 0 Å². The minimum atomic E-state index is -4.94. The molecular formula is C16H19ClN2O4. The molecule has 2 aromatic carbocycles. The van der Waals surface area contributed by atoms with Gasteiger partial charge >= 0.3 is 0 Å². The van der Waals surface area contributed by atoms with Gasteiger partial charge in [-0.15, -0.1) is 10.2 Å². The van der Waals surface area contributed by atoms with Crippen LogP contribution in [0, 0.1) is 10.2 Å². The molecule has 7 heteroatoms. The van der Waals surface area contributed by atoms with Gasteiger partial charge in [-0.25, -0.2) is 24.0 Å². The number of hydrogen-bond acceptors (Lipinski definition) is 5. The lowest BCUT2D eigenvalue weighted by Gasteiger charge is -2.17. The second kappa shape index (κ2) is 6.54. The quantitative estimate of drug-likeness (QED) is 0.466. The van der Waals surface area contributed by atoms with Crippen molar-refractivity contribution >= 4 is 5.69 Å². The molecule has 0 amide bonds. The molecule has 124 valence electrons. The van der Waals surface area contributed by atoms with E-state index in [2.05, 4.69) is 85.1 Å². The second-order valence-electron chi connectivity index (χ2n) is 5.86. The summed E-state index contributed by atoms with van der Waals surface area (Å²) in [5.74, 6) is 0. The maximum absolute atomic E-state index is 8.49. The highest BCUT2D eigenvalue weighted by molar-refractivity contribution is 5.37. The lowest BCUT2D eigenvalue weighted by atomic mass is 9.96. The van der Waals surface area contributed by atoms with Crippen LogP contribution in [-0.4, -0.2) is 5.54 Å². The Morgan fingerprint density at radius 2 is 1.22 bits per heavy atom. The van der Waals surface area contributed by atoms with Crippen LogP contribution in [0.4, 0.5) is 5.69 Å². The Balaban J connectivity index is 0.000000338. The van der Waals surface area contributed by atoms with E-state index in [0.29, 0.717) is 0 Å². The summed E-state index contributed by atoms with van der Waals surface area (Å²) in [5.41, 5.74) is 2.68. The van der Waals surface area contributed by atoms with Crippen molar-refractivity contribution in [3.05, 3.63) is 66.2 Å². The summed E-state index contributed by atoms with van der Waals surface area (Å²) in [6.45, 7) is 4.50. The molecule has 1 saturated heterocycles. The van der Waals surface area contributed by atoms with Crippen LogP contribution in [0.1, 0.15) is 19.4 Å². The first-order valence-corrected chi connectivity index (χ1v) is 8.25. The lowest BCUT2D eigenvalue weighted by Crippen LogP contribution is -2.88. The van der Waals surface area contributed by atoms with E-state index in [1.165, 1.54) is 11.3 Å². The van der Waals surface area contributed by atoms with E-state index >= 15 is 0 Å². The van der Waals surface area contributed by atoms with Gasteiger partial charge < -0.3 is 0 Å². The number of halogens is 1. The number of para-hydroxylation sites is 1. The first-order valence-electron chi connectivity index (χ1n) is 7.02. The van der Waals surface area contributed by atoms with Gasteiger partial charge in [0.15, 0.2) is 5.66 Å². The van der Waals surface area contributed by atoms with Crippen LogP contribution in [0.15, 0.2) is 60.7 Å². The van der Waals surface area contributed by atoms with E-state index in [1.807, 2.05) is 0 Å². The van der Waals surface area contributed by atoms with E-state index in [0.717, 1.165) is 0 Å². The van der Waals surface area contributed by atoms with E-state index in [1.54, 1.807) is 0 Å². The van der Waals surface area contributed by atoms with Crippen LogP contribution in [0.2, 0.25) is 0 Å². The van der Waals surface area contributed by atoms with Crippen molar-refractivity contribution in [2.45, 2.75) is 25.0 Å². The van der Waals surface area contributed by atoms with Gasteiger partial charge in [0.1, 0.15) is 5.69 Å². The topological polar surface area (TPSA) is 131 Å². The Morgan fingerprint density at radius 1 is 0.826 bits per heavy atom. The van der Waals surface area contributed by atoms with E-state index in [-0.39, 0.29) is 11.2 Å². The number of rotatable bonds is 3. The molecule has 3 N–H and O–H groups in total. The fraction of sp³-hybridized carbons (Fsp3) is 0.250. The molecule has 1 atom stereocenters. The fourth-order valence-corrected chi connectivity index (χ4v) is 2.69. The molecular weight excluding hydrogens is 320 g/mol. The number of quaternary nitrogens is 1. The monoisotopic (exact) mass is 338 g/mol. The van der Waals surface area contributed by atoms with Gasteiger partial charge in [-0.05, 0) is 26.0 Å². The van der Waals surface area contributed by atoms with Gasteiger partial charge in [0, 0.05) is 5.56 Å². The molecule has 1 fully saturated rings. The van der Waals surface area contributed by atoms with Gasteiger partial charge in [0.2, 0.25) is 0 Å². The smallest absolute Gasteiger partial charge is 0.199 e. The minimum Gasteiger partial charge on any atom is -0.291 e. The number of nitrogens with two attached hydrogens (primary N) is 1. The van der Waals surface area contributed by atoms with Crippen molar-refractivity contribution in [1.82, 2.24) is 5.32 Å². The van der Waals surface area contributed by atoms with Crippen LogP contribution < -0.4 is 29.3 Å². The highest BCUT2D eigenvalue weighted by atomic mass is 35.7. The molecule has 0 aromatic heterocycles. The zero-order chi connectivity index (χ0) is 17.1. The number of nitrogens with one attached hydrogen (secondary N) is 1. The third kappa shape index (κ3) is 4.73. The molecule has 6 nitrogen and oxygen atoms in total.